The molecule has 0 amide bonds. The summed E-state index contributed by atoms with van der Waals surface area (Å²) in [5.41, 5.74) is 1.52. The van der Waals surface area contributed by atoms with Crippen molar-refractivity contribution in [3.8, 4) is 11.8 Å². The minimum Gasteiger partial charge on any atom is -0.494 e. The van der Waals surface area contributed by atoms with Crippen LogP contribution in [0.1, 0.15) is 12.0 Å². The van der Waals surface area contributed by atoms with Crippen LogP contribution < -0.4 is 14.5 Å². The summed E-state index contributed by atoms with van der Waals surface area (Å²) in [4.78, 5) is 14.8. The molecule has 1 aliphatic rings. The number of nitriles is 1. The highest BCUT2D eigenvalue weighted by atomic mass is 19.1. The molecular formula is C19H19FN4O3. The quantitative estimate of drug-likeness (QED) is 0.606. The van der Waals surface area contributed by atoms with Gasteiger partial charge in [-0.05, 0) is 18.6 Å². The zero-order valence-corrected chi connectivity index (χ0v) is 14.9. The van der Waals surface area contributed by atoms with Crippen molar-refractivity contribution in [2.45, 2.75) is 6.42 Å². The van der Waals surface area contributed by atoms with Gasteiger partial charge in [0.05, 0.1) is 29.4 Å². The van der Waals surface area contributed by atoms with Crippen LogP contribution in [-0.4, -0.2) is 38.2 Å². The van der Waals surface area contributed by atoms with Gasteiger partial charge in [0, 0.05) is 32.2 Å². The number of nitrogens with zero attached hydrogens (tertiary/aromatic N) is 4. The molecule has 0 atom stereocenters. The number of anilines is 2. The van der Waals surface area contributed by atoms with Crippen LogP contribution in [0.15, 0.2) is 36.4 Å². The standard InChI is InChI=1S/C19H19FN4O3/c1-27-19-12-17(18(24(25)26)11-15(19)20)23-8-4-7-22(9-10-23)16-6-3-2-5-14(16)13-21/h2-3,5-6,11-12H,4,7-10H2,1H3. The Balaban J connectivity index is 1.88. The van der Waals surface area contributed by atoms with E-state index in [2.05, 4.69) is 11.0 Å². The number of benzene rings is 2. The number of nitro groups is 1. The number of ether oxygens (including phenoxy) is 1. The molecule has 1 saturated heterocycles. The molecule has 0 unspecified atom stereocenters. The van der Waals surface area contributed by atoms with Crippen LogP contribution in [-0.2, 0) is 0 Å². The van der Waals surface area contributed by atoms with Crippen molar-refractivity contribution in [2.24, 2.45) is 0 Å². The second kappa shape index (κ2) is 7.91. The molecule has 27 heavy (non-hydrogen) atoms. The van der Waals surface area contributed by atoms with E-state index in [1.165, 1.54) is 13.2 Å². The van der Waals surface area contributed by atoms with Crippen LogP contribution in [0, 0.1) is 27.3 Å². The molecule has 0 bridgehead atoms. The van der Waals surface area contributed by atoms with Crippen molar-refractivity contribution in [2.75, 3.05) is 43.1 Å². The maximum Gasteiger partial charge on any atom is 0.295 e. The van der Waals surface area contributed by atoms with Crippen molar-refractivity contribution >= 4 is 17.1 Å². The third-order valence-electron chi connectivity index (χ3n) is 4.65. The summed E-state index contributed by atoms with van der Waals surface area (Å²) in [7, 11) is 1.33. The molecular weight excluding hydrogens is 351 g/mol. The lowest BCUT2D eigenvalue weighted by molar-refractivity contribution is -0.384. The Morgan fingerprint density at radius 2 is 1.81 bits per heavy atom. The van der Waals surface area contributed by atoms with Crippen LogP contribution in [0.2, 0.25) is 0 Å². The molecule has 2 aromatic rings. The minimum atomic E-state index is -0.757. The van der Waals surface area contributed by atoms with Crippen LogP contribution in [0.4, 0.5) is 21.5 Å². The van der Waals surface area contributed by atoms with E-state index >= 15 is 0 Å². The molecule has 8 heteroatoms. The molecule has 0 saturated carbocycles. The Hall–Kier alpha value is -3.34. The van der Waals surface area contributed by atoms with Crippen molar-refractivity contribution in [1.82, 2.24) is 0 Å². The highest BCUT2D eigenvalue weighted by Crippen LogP contribution is 2.35. The third kappa shape index (κ3) is 3.77. The SMILES string of the molecule is COc1cc(N2CCCN(c3ccccc3C#N)CC2)c([N+](=O)[O-])cc1F. The number of halogens is 1. The van der Waals surface area contributed by atoms with Gasteiger partial charge in [0.1, 0.15) is 11.8 Å². The maximum atomic E-state index is 13.9. The average molecular weight is 370 g/mol. The van der Waals surface area contributed by atoms with Crippen LogP contribution in [0.5, 0.6) is 5.75 Å². The smallest absolute Gasteiger partial charge is 0.295 e. The van der Waals surface area contributed by atoms with Crippen molar-refractivity contribution in [3.05, 3.63) is 57.9 Å². The van der Waals surface area contributed by atoms with E-state index in [1.807, 2.05) is 23.1 Å². The number of nitro benzene ring substituents is 1. The lowest BCUT2D eigenvalue weighted by Crippen LogP contribution is -2.31. The molecule has 0 N–H and O–H groups in total. The fourth-order valence-corrected chi connectivity index (χ4v) is 3.33. The van der Waals surface area contributed by atoms with Gasteiger partial charge in [0.15, 0.2) is 11.6 Å². The zero-order valence-electron chi connectivity index (χ0n) is 14.9. The first kappa shape index (κ1) is 18.5. The topological polar surface area (TPSA) is 82.6 Å². The molecule has 1 aliphatic heterocycles. The van der Waals surface area contributed by atoms with Gasteiger partial charge in [-0.3, -0.25) is 10.1 Å². The molecule has 3 rings (SSSR count). The number of hydrogen-bond donors (Lipinski definition) is 0. The Morgan fingerprint density at radius 3 is 2.44 bits per heavy atom. The summed E-state index contributed by atoms with van der Waals surface area (Å²) in [6, 6.07) is 11.9. The number of methoxy groups -OCH3 is 1. The lowest BCUT2D eigenvalue weighted by Gasteiger charge is -2.25. The van der Waals surface area contributed by atoms with Gasteiger partial charge in [-0.25, -0.2) is 4.39 Å². The summed E-state index contributed by atoms with van der Waals surface area (Å²) in [5.74, 6) is -0.779. The summed E-state index contributed by atoms with van der Waals surface area (Å²) in [6.07, 6.45) is 0.747. The average Bonchev–Trinajstić information content (AvgIpc) is 2.93. The molecule has 2 aromatic carbocycles. The van der Waals surface area contributed by atoms with Crippen LogP contribution in [0.3, 0.4) is 0 Å². The Morgan fingerprint density at radius 1 is 1.15 bits per heavy atom. The van der Waals surface area contributed by atoms with Gasteiger partial charge < -0.3 is 14.5 Å². The molecule has 0 radical (unpaired) electrons. The third-order valence-corrected chi connectivity index (χ3v) is 4.65. The normalized spacial score (nSPS) is 14.4. The Bertz CT molecular complexity index is 897. The summed E-state index contributed by atoms with van der Waals surface area (Å²) >= 11 is 0. The first-order chi connectivity index (χ1) is 13.0. The predicted molar refractivity (Wildman–Crippen MR) is 99.8 cm³/mol. The molecule has 140 valence electrons. The molecule has 1 fully saturated rings. The Labute approximate surface area is 156 Å². The van der Waals surface area contributed by atoms with Gasteiger partial charge >= 0.3 is 0 Å². The lowest BCUT2D eigenvalue weighted by atomic mass is 10.1. The van der Waals surface area contributed by atoms with E-state index in [9.17, 15) is 19.8 Å². The summed E-state index contributed by atoms with van der Waals surface area (Å²) in [5, 5.41) is 20.7. The molecule has 0 aliphatic carbocycles. The van der Waals surface area contributed by atoms with Gasteiger partial charge in [-0.15, -0.1) is 0 Å². The zero-order chi connectivity index (χ0) is 19.4. The first-order valence-corrected chi connectivity index (χ1v) is 8.56. The monoisotopic (exact) mass is 370 g/mol. The summed E-state index contributed by atoms with van der Waals surface area (Å²) < 4.78 is 18.9. The van der Waals surface area contributed by atoms with Crippen molar-refractivity contribution in [3.63, 3.8) is 0 Å². The highest BCUT2D eigenvalue weighted by molar-refractivity contribution is 5.67. The van der Waals surface area contributed by atoms with E-state index in [0.717, 1.165) is 24.7 Å². The van der Waals surface area contributed by atoms with E-state index in [0.29, 0.717) is 30.9 Å². The van der Waals surface area contributed by atoms with E-state index in [-0.39, 0.29) is 11.4 Å². The van der Waals surface area contributed by atoms with E-state index < -0.39 is 10.7 Å². The molecule has 7 nitrogen and oxygen atoms in total. The minimum absolute atomic E-state index is 0.0217. The Kier molecular flexibility index (Phi) is 5.41. The van der Waals surface area contributed by atoms with E-state index in [1.54, 1.807) is 6.07 Å². The molecule has 0 spiro atoms. The first-order valence-electron chi connectivity index (χ1n) is 8.56. The van der Waals surface area contributed by atoms with Gasteiger partial charge in [0.25, 0.3) is 5.69 Å². The fourth-order valence-electron chi connectivity index (χ4n) is 3.33. The summed E-state index contributed by atoms with van der Waals surface area (Å²) in [6.45, 7) is 2.41. The highest BCUT2D eigenvalue weighted by Gasteiger charge is 2.26. The number of para-hydroxylation sites is 1. The second-order valence-corrected chi connectivity index (χ2v) is 6.19. The molecule has 1 heterocycles. The largest absolute Gasteiger partial charge is 0.494 e. The second-order valence-electron chi connectivity index (χ2n) is 6.19. The molecule has 0 aromatic heterocycles. The van der Waals surface area contributed by atoms with Crippen molar-refractivity contribution in [1.29, 1.82) is 5.26 Å². The van der Waals surface area contributed by atoms with Gasteiger partial charge in [0.2, 0.25) is 0 Å². The number of rotatable bonds is 4. The van der Waals surface area contributed by atoms with Crippen molar-refractivity contribution < 1.29 is 14.1 Å². The fraction of sp³-hybridized carbons (Fsp3) is 0.316. The van der Waals surface area contributed by atoms with Gasteiger partial charge in [-0.2, -0.15) is 5.26 Å². The van der Waals surface area contributed by atoms with Crippen LogP contribution in [0.25, 0.3) is 0 Å². The van der Waals surface area contributed by atoms with E-state index in [4.69, 9.17) is 4.74 Å². The predicted octanol–water partition coefficient (Wildman–Crippen LogP) is 3.33. The van der Waals surface area contributed by atoms with Crippen LogP contribution >= 0.6 is 0 Å². The van der Waals surface area contributed by atoms with Gasteiger partial charge in [-0.1, -0.05) is 12.1 Å². The number of hydrogen-bond acceptors (Lipinski definition) is 6. The maximum absolute atomic E-state index is 13.9.